The number of benzene rings is 2. The topological polar surface area (TPSA) is 38.3 Å². The van der Waals surface area contributed by atoms with E-state index < -0.39 is 5.60 Å². The van der Waals surface area contributed by atoms with E-state index in [1.807, 2.05) is 20.8 Å². The fraction of sp³-hybridized carbons (Fsp3) is 0.348. The van der Waals surface area contributed by atoms with Gasteiger partial charge in [-0.3, -0.25) is 0 Å². The van der Waals surface area contributed by atoms with Gasteiger partial charge in [0.1, 0.15) is 5.60 Å². The lowest BCUT2D eigenvalue weighted by molar-refractivity contribution is 0.0511. The van der Waals surface area contributed by atoms with Crippen molar-refractivity contribution >= 4 is 22.4 Å². The van der Waals surface area contributed by atoms with E-state index in [1.54, 1.807) is 0 Å². The number of ether oxygens (including phenoxy) is 1. The zero-order valence-electron chi connectivity index (χ0n) is 15.6. The van der Waals surface area contributed by atoms with Crippen LogP contribution in [0.25, 0.3) is 16.3 Å². The molecule has 0 aliphatic heterocycles. The molecule has 0 aromatic heterocycles. The lowest BCUT2D eigenvalue weighted by atomic mass is 9.78. The number of aryl methyl sites for hydroxylation is 1. The Morgan fingerprint density at radius 2 is 1.92 bits per heavy atom. The van der Waals surface area contributed by atoms with Crippen LogP contribution < -0.4 is 5.32 Å². The van der Waals surface area contributed by atoms with Gasteiger partial charge in [-0.1, -0.05) is 48.6 Å². The minimum atomic E-state index is -0.482. The van der Waals surface area contributed by atoms with Crippen LogP contribution in [0.3, 0.4) is 0 Å². The molecule has 2 aromatic rings. The lowest BCUT2D eigenvalue weighted by Gasteiger charge is -2.32. The Morgan fingerprint density at radius 1 is 1.12 bits per heavy atom. The standard InChI is InChI=1S/C23H25NO2/c1-23(2,3)26-22(25)24-21-10-6-9-17-19-12-11-15-7-4-5-8-16(15)18(19)13-14-20(17)21/h4-9,11-12,21H,10,13-14H2,1-3H3,(H,24,25). The number of carbonyl (C=O) groups is 1. The average molecular weight is 347 g/mol. The Bertz CT molecular complexity index is 931. The highest BCUT2D eigenvalue weighted by Crippen LogP contribution is 2.40. The van der Waals surface area contributed by atoms with E-state index in [9.17, 15) is 4.79 Å². The van der Waals surface area contributed by atoms with E-state index in [2.05, 4.69) is 53.9 Å². The van der Waals surface area contributed by atoms with Crippen molar-refractivity contribution in [1.29, 1.82) is 0 Å². The van der Waals surface area contributed by atoms with Crippen molar-refractivity contribution < 1.29 is 9.53 Å². The van der Waals surface area contributed by atoms with Crippen LogP contribution >= 0.6 is 0 Å². The van der Waals surface area contributed by atoms with Crippen LogP contribution in [0, 0.1) is 0 Å². The minimum Gasteiger partial charge on any atom is -0.444 e. The van der Waals surface area contributed by atoms with E-state index in [0.29, 0.717) is 0 Å². The van der Waals surface area contributed by atoms with Crippen LogP contribution in [0.4, 0.5) is 4.79 Å². The predicted molar refractivity (Wildman–Crippen MR) is 106 cm³/mol. The van der Waals surface area contributed by atoms with Crippen LogP contribution in [0.15, 0.2) is 54.1 Å². The lowest BCUT2D eigenvalue weighted by Crippen LogP contribution is -2.41. The Kier molecular flexibility index (Phi) is 4.10. The number of nitrogens with one attached hydrogen (secondary N) is 1. The number of hydrogen-bond acceptors (Lipinski definition) is 2. The first-order valence-electron chi connectivity index (χ1n) is 9.32. The zero-order valence-corrected chi connectivity index (χ0v) is 15.6. The Labute approximate surface area is 154 Å². The molecular formula is C23H25NO2. The molecule has 2 aliphatic rings. The molecule has 0 radical (unpaired) electrons. The summed E-state index contributed by atoms with van der Waals surface area (Å²) in [5.41, 5.74) is 4.83. The maximum Gasteiger partial charge on any atom is 0.408 e. The molecule has 4 rings (SSSR count). The van der Waals surface area contributed by atoms with E-state index >= 15 is 0 Å². The van der Waals surface area contributed by atoms with Gasteiger partial charge in [0.25, 0.3) is 0 Å². The average Bonchev–Trinajstić information content (AvgIpc) is 2.59. The van der Waals surface area contributed by atoms with E-state index in [4.69, 9.17) is 4.74 Å². The third-order valence-corrected chi connectivity index (χ3v) is 5.09. The second-order valence-corrected chi connectivity index (χ2v) is 8.09. The smallest absolute Gasteiger partial charge is 0.408 e. The molecule has 1 unspecified atom stereocenters. The molecule has 26 heavy (non-hydrogen) atoms. The minimum absolute atomic E-state index is 0.0180. The summed E-state index contributed by atoms with van der Waals surface area (Å²) in [6, 6.07) is 13.0. The molecule has 0 fully saturated rings. The van der Waals surface area contributed by atoms with Crippen LogP contribution in [0.1, 0.15) is 44.7 Å². The number of amides is 1. The van der Waals surface area contributed by atoms with Gasteiger partial charge >= 0.3 is 6.09 Å². The molecule has 0 bridgehead atoms. The summed E-state index contributed by atoms with van der Waals surface area (Å²) in [7, 11) is 0. The molecule has 1 amide bonds. The van der Waals surface area contributed by atoms with Gasteiger partial charge in [-0.2, -0.15) is 0 Å². The first-order chi connectivity index (χ1) is 12.4. The van der Waals surface area contributed by atoms with Crippen molar-refractivity contribution in [1.82, 2.24) is 5.32 Å². The van der Waals surface area contributed by atoms with Gasteiger partial charge in [0.05, 0.1) is 6.04 Å². The highest BCUT2D eigenvalue weighted by molar-refractivity contribution is 5.94. The number of fused-ring (bicyclic) bond motifs is 4. The number of carbonyl (C=O) groups excluding carboxylic acids is 1. The van der Waals surface area contributed by atoms with Gasteiger partial charge in [-0.05, 0) is 73.1 Å². The summed E-state index contributed by atoms with van der Waals surface area (Å²) < 4.78 is 5.45. The normalized spacial score (nSPS) is 19.1. The van der Waals surface area contributed by atoms with Gasteiger partial charge in [0, 0.05) is 0 Å². The van der Waals surface area contributed by atoms with Crippen molar-refractivity contribution in [3.8, 4) is 0 Å². The Hall–Kier alpha value is -2.55. The van der Waals surface area contributed by atoms with Crippen LogP contribution in [0.5, 0.6) is 0 Å². The van der Waals surface area contributed by atoms with E-state index in [0.717, 1.165) is 19.3 Å². The molecule has 0 saturated heterocycles. The fourth-order valence-corrected chi connectivity index (χ4v) is 4.04. The van der Waals surface area contributed by atoms with Crippen molar-refractivity contribution in [2.45, 2.75) is 51.7 Å². The Balaban J connectivity index is 1.68. The second kappa shape index (κ2) is 6.31. The summed E-state index contributed by atoms with van der Waals surface area (Å²) in [5.74, 6) is 0. The van der Waals surface area contributed by atoms with Crippen LogP contribution in [-0.2, 0) is 11.2 Å². The molecule has 134 valence electrons. The van der Waals surface area contributed by atoms with Gasteiger partial charge in [-0.25, -0.2) is 4.79 Å². The SMILES string of the molecule is CC(C)(C)OC(=O)NC1CC=CC2=C1CCc1c2ccc2ccccc12. The maximum absolute atomic E-state index is 12.2. The number of hydrogen-bond donors (Lipinski definition) is 1. The molecule has 3 nitrogen and oxygen atoms in total. The summed E-state index contributed by atoms with van der Waals surface area (Å²) >= 11 is 0. The summed E-state index contributed by atoms with van der Waals surface area (Å²) in [6.45, 7) is 5.67. The second-order valence-electron chi connectivity index (χ2n) is 8.09. The van der Waals surface area contributed by atoms with Gasteiger partial charge in [-0.15, -0.1) is 0 Å². The maximum atomic E-state index is 12.2. The molecule has 0 saturated carbocycles. The number of alkyl carbamates (subject to hydrolysis) is 1. The van der Waals surface area contributed by atoms with E-state index in [1.165, 1.54) is 33.0 Å². The van der Waals surface area contributed by atoms with Crippen LogP contribution in [0.2, 0.25) is 0 Å². The molecule has 0 spiro atoms. The highest BCUT2D eigenvalue weighted by Gasteiger charge is 2.28. The van der Waals surface area contributed by atoms with E-state index in [-0.39, 0.29) is 12.1 Å². The third-order valence-electron chi connectivity index (χ3n) is 5.09. The van der Waals surface area contributed by atoms with Crippen molar-refractivity contribution in [2.24, 2.45) is 0 Å². The molecule has 2 aliphatic carbocycles. The fourth-order valence-electron chi connectivity index (χ4n) is 4.04. The van der Waals surface area contributed by atoms with Gasteiger partial charge < -0.3 is 10.1 Å². The monoisotopic (exact) mass is 347 g/mol. The van der Waals surface area contributed by atoms with Crippen molar-refractivity contribution in [2.75, 3.05) is 0 Å². The number of allylic oxidation sites excluding steroid dienone is 2. The molecule has 3 heteroatoms. The van der Waals surface area contributed by atoms with Gasteiger partial charge in [0.2, 0.25) is 0 Å². The Morgan fingerprint density at radius 3 is 2.73 bits per heavy atom. The third kappa shape index (κ3) is 3.14. The zero-order chi connectivity index (χ0) is 18.3. The molecule has 0 heterocycles. The van der Waals surface area contributed by atoms with Gasteiger partial charge in [0.15, 0.2) is 0 Å². The molecule has 1 N–H and O–H groups in total. The van der Waals surface area contributed by atoms with Crippen LogP contribution in [-0.4, -0.2) is 17.7 Å². The first-order valence-corrected chi connectivity index (χ1v) is 9.32. The molecule has 1 atom stereocenters. The summed E-state index contributed by atoms with van der Waals surface area (Å²) in [4.78, 5) is 12.2. The van der Waals surface area contributed by atoms with Crippen molar-refractivity contribution in [3.05, 3.63) is 65.3 Å². The highest BCUT2D eigenvalue weighted by atomic mass is 16.6. The molecule has 2 aromatic carbocycles. The van der Waals surface area contributed by atoms with Crippen molar-refractivity contribution in [3.63, 3.8) is 0 Å². The largest absolute Gasteiger partial charge is 0.444 e. The predicted octanol–water partition coefficient (Wildman–Crippen LogP) is 5.39. The quantitative estimate of drug-likeness (QED) is 0.751. The first kappa shape index (κ1) is 16.9. The summed E-state index contributed by atoms with van der Waals surface area (Å²) in [6.07, 6.45) is 6.84. The summed E-state index contributed by atoms with van der Waals surface area (Å²) in [5, 5.41) is 5.70. The molecular weight excluding hydrogens is 322 g/mol. The number of rotatable bonds is 1.